The van der Waals surface area contributed by atoms with Crippen molar-refractivity contribution in [3.8, 4) is 11.8 Å². The highest BCUT2D eigenvalue weighted by Crippen LogP contribution is 2.38. The van der Waals surface area contributed by atoms with Crippen molar-refractivity contribution in [2.24, 2.45) is 5.92 Å². The molecule has 248 valence electrons. The number of hydrogen-bond acceptors (Lipinski definition) is 7. The fraction of sp³-hybridized carbons (Fsp3) is 0.568. The maximum absolute atomic E-state index is 10.8. The molecule has 0 spiro atoms. The summed E-state index contributed by atoms with van der Waals surface area (Å²) in [6.07, 6.45) is 1.38. The Morgan fingerprint density at radius 1 is 0.978 bits per heavy atom. The Labute approximate surface area is 272 Å². The normalized spacial score (nSPS) is 20.9. The molecule has 0 aromatic heterocycles. The molecule has 0 aliphatic carbocycles. The molecule has 1 N–H and O–H groups in total. The van der Waals surface area contributed by atoms with Crippen LogP contribution < -0.4 is 10.4 Å². The first-order valence-corrected chi connectivity index (χ1v) is 17.8. The highest BCUT2D eigenvalue weighted by molar-refractivity contribution is 6.99. The zero-order chi connectivity index (χ0) is 33.1. The van der Waals surface area contributed by atoms with Crippen LogP contribution in [0.4, 0.5) is 0 Å². The number of aliphatic hydroxyl groups excluding tert-OH is 1. The molecule has 0 saturated carbocycles. The van der Waals surface area contributed by atoms with Crippen molar-refractivity contribution in [3.05, 3.63) is 73.3 Å². The van der Waals surface area contributed by atoms with E-state index in [1.807, 2.05) is 32.1 Å². The van der Waals surface area contributed by atoms with E-state index in [0.717, 1.165) is 6.42 Å². The Balaban J connectivity index is 1.80. The lowest BCUT2D eigenvalue weighted by molar-refractivity contribution is -0.155. The molecule has 2 aromatic rings. The molecule has 2 aromatic carbocycles. The van der Waals surface area contributed by atoms with Crippen molar-refractivity contribution in [1.29, 1.82) is 0 Å². The minimum absolute atomic E-state index is 0.0306. The van der Waals surface area contributed by atoms with E-state index in [4.69, 9.17) is 28.1 Å². The van der Waals surface area contributed by atoms with E-state index < -0.39 is 38.5 Å². The highest BCUT2D eigenvalue weighted by Gasteiger charge is 2.52. The number of benzene rings is 2. The van der Waals surface area contributed by atoms with Crippen LogP contribution in [0.3, 0.4) is 0 Å². The standard InChI is InChI=1S/C37H54O7Si/c1-10-17-32(41-27-39-8)28(2)22-23-29(38)24-25-33(40-9)35-34(43-37(6,7)44-35)26-42-45(36(3,4)5,30-18-13-11-14-19-30)31-20-15-12-16-21-31/h10-16,18-21,28-29,32-35,38H,1,17,22-23,26-27H2,2-9H3/t28-,29?,32+,33-,34-,35-/m0/s1. The Morgan fingerprint density at radius 2 is 1.58 bits per heavy atom. The molecule has 7 nitrogen and oxygen atoms in total. The van der Waals surface area contributed by atoms with Crippen LogP contribution in [-0.2, 0) is 28.1 Å². The van der Waals surface area contributed by atoms with E-state index in [-0.39, 0.29) is 23.9 Å². The van der Waals surface area contributed by atoms with E-state index in [1.54, 1.807) is 14.2 Å². The largest absolute Gasteiger partial charge is 0.405 e. The fourth-order valence-corrected chi connectivity index (χ4v) is 10.7. The lowest BCUT2D eigenvalue weighted by Crippen LogP contribution is -2.67. The van der Waals surface area contributed by atoms with Crippen molar-refractivity contribution in [3.63, 3.8) is 0 Å². The molecule has 45 heavy (non-hydrogen) atoms. The van der Waals surface area contributed by atoms with Gasteiger partial charge in [0.2, 0.25) is 0 Å². The van der Waals surface area contributed by atoms with Crippen molar-refractivity contribution >= 4 is 18.7 Å². The molecular weight excluding hydrogens is 584 g/mol. The van der Waals surface area contributed by atoms with Gasteiger partial charge in [-0.3, -0.25) is 0 Å². The minimum Gasteiger partial charge on any atom is -0.405 e. The van der Waals surface area contributed by atoms with Gasteiger partial charge in [-0.15, -0.1) is 6.58 Å². The number of hydrogen-bond donors (Lipinski definition) is 1. The van der Waals surface area contributed by atoms with Crippen molar-refractivity contribution in [2.75, 3.05) is 27.6 Å². The monoisotopic (exact) mass is 638 g/mol. The average molecular weight is 639 g/mol. The van der Waals surface area contributed by atoms with Crippen LogP contribution in [0.15, 0.2) is 73.3 Å². The van der Waals surface area contributed by atoms with Gasteiger partial charge in [0, 0.05) is 14.2 Å². The first kappa shape index (κ1) is 37.1. The van der Waals surface area contributed by atoms with Crippen molar-refractivity contribution in [1.82, 2.24) is 0 Å². The van der Waals surface area contributed by atoms with Gasteiger partial charge in [0.05, 0.1) is 12.7 Å². The Hall–Kier alpha value is -2.32. The van der Waals surface area contributed by atoms with Gasteiger partial charge in [-0.05, 0) is 54.4 Å². The number of methoxy groups -OCH3 is 2. The average Bonchev–Trinajstić information content (AvgIpc) is 3.32. The van der Waals surface area contributed by atoms with Crippen LogP contribution in [-0.4, -0.2) is 77.4 Å². The predicted molar refractivity (Wildman–Crippen MR) is 182 cm³/mol. The first-order valence-electron chi connectivity index (χ1n) is 15.9. The van der Waals surface area contributed by atoms with E-state index in [0.29, 0.717) is 19.4 Å². The van der Waals surface area contributed by atoms with Gasteiger partial charge >= 0.3 is 0 Å². The summed E-state index contributed by atoms with van der Waals surface area (Å²) in [6.45, 7) is 17.0. The molecule has 3 rings (SSSR count). The second-order valence-electron chi connectivity index (χ2n) is 13.3. The van der Waals surface area contributed by atoms with Crippen LogP contribution in [0.25, 0.3) is 0 Å². The summed E-state index contributed by atoms with van der Waals surface area (Å²) < 4.78 is 36.7. The number of ether oxygens (including phenoxy) is 5. The highest BCUT2D eigenvalue weighted by atomic mass is 28.4. The number of aliphatic hydroxyl groups is 1. The quantitative estimate of drug-likeness (QED) is 0.114. The molecule has 6 atom stereocenters. The molecule has 8 heteroatoms. The summed E-state index contributed by atoms with van der Waals surface area (Å²) in [5.74, 6) is 5.50. The van der Waals surface area contributed by atoms with Crippen LogP contribution in [0.5, 0.6) is 0 Å². The number of rotatable bonds is 16. The smallest absolute Gasteiger partial charge is 0.261 e. The summed E-state index contributed by atoms with van der Waals surface area (Å²) in [5, 5.41) is 13.0. The third-order valence-electron chi connectivity index (χ3n) is 8.38. The lowest BCUT2D eigenvalue weighted by atomic mass is 9.95. The Morgan fingerprint density at radius 3 is 2.09 bits per heavy atom. The van der Waals surface area contributed by atoms with Gasteiger partial charge in [-0.2, -0.15) is 0 Å². The maximum atomic E-state index is 10.8. The second kappa shape index (κ2) is 17.0. The van der Waals surface area contributed by atoms with Gasteiger partial charge in [0.1, 0.15) is 31.2 Å². The van der Waals surface area contributed by atoms with E-state index in [2.05, 4.69) is 94.6 Å². The van der Waals surface area contributed by atoms with Gasteiger partial charge in [0.25, 0.3) is 8.32 Å². The molecular formula is C37H54O7Si. The van der Waals surface area contributed by atoms with Crippen LogP contribution in [0.1, 0.15) is 60.8 Å². The summed E-state index contributed by atoms with van der Waals surface area (Å²) in [4.78, 5) is 0. The topological polar surface area (TPSA) is 75.6 Å². The van der Waals surface area contributed by atoms with Crippen molar-refractivity contribution < 1.29 is 33.2 Å². The molecule has 1 aliphatic rings. The third-order valence-corrected chi connectivity index (χ3v) is 13.4. The fourth-order valence-electron chi connectivity index (χ4n) is 6.13. The summed E-state index contributed by atoms with van der Waals surface area (Å²) >= 11 is 0. The SMILES string of the molecule is C=CC[C@@H](OCOC)[C@@H](C)CCC(O)C#C[C@H](OC)[C@@H]1OC(C)(C)O[C@H]1CO[Si](c1ccccc1)(c1ccccc1)C(C)(C)C. The molecule has 1 heterocycles. The van der Waals surface area contributed by atoms with E-state index in [9.17, 15) is 5.11 Å². The summed E-state index contributed by atoms with van der Waals surface area (Å²) in [6, 6.07) is 21.1. The molecule has 0 amide bonds. The molecule has 1 fully saturated rings. The third kappa shape index (κ3) is 9.83. The Kier molecular flexibility index (Phi) is 14.0. The van der Waals surface area contributed by atoms with Crippen molar-refractivity contribution in [2.45, 2.75) is 102 Å². The van der Waals surface area contributed by atoms with E-state index >= 15 is 0 Å². The van der Waals surface area contributed by atoms with Crippen LogP contribution >= 0.6 is 0 Å². The zero-order valence-electron chi connectivity index (χ0n) is 28.5. The van der Waals surface area contributed by atoms with Gasteiger partial charge in [0.15, 0.2) is 5.79 Å². The van der Waals surface area contributed by atoms with Crippen LogP contribution in [0.2, 0.25) is 5.04 Å². The first-order chi connectivity index (χ1) is 21.4. The Bertz CT molecular complexity index is 1180. The summed E-state index contributed by atoms with van der Waals surface area (Å²) in [7, 11) is 0.415. The van der Waals surface area contributed by atoms with Crippen LogP contribution in [0, 0.1) is 17.8 Å². The molecule has 0 bridgehead atoms. The minimum atomic E-state index is -2.80. The molecule has 0 radical (unpaired) electrons. The molecule has 1 saturated heterocycles. The lowest BCUT2D eigenvalue weighted by Gasteiger charge is -2.43. The van der Waals surface area contributed by atoms with Gasteiger partial charge < -0.3 is 33.2 Å². The van der Waals surface area contributed by atoms with Gasteiger partial charge in [-0.25, -0.2) is 0 Å². The van der Waals surface area contributed by atoms with E-state index in [1.165, 1.54) is 10.4 Å². The molecule has 1 unspecified atom stereocenters. The summed E-state index contributed by atoms with van der Waals surface area (Å²) in [5.41, 5.74) is 0. The molecule has 1 aliphatic heterocycles. The second-order valence-corrected chi connectivity index (χ2v) is 17.6. The van der Waals surface area contributed by atoms with Gasteiger partial charge in [-0.1, -0.05) is 106 Å². The maximum Gasteiger partial charge on any atom is 0.261 e. The predicted octanol–water partition coefficient (Wildman–Crippen LogP) is 5.44. The zero-order valence-corrected chi connectivity index (χ0v) is 29.5.